The highest BCUT2D eigenvalue weighted by Gasteiger charge is 2.23. The number of benzene rings is 1. The summed E-state index contributed by atoms with van der Waals surface area (Å²) in [6.45, 7) is 3.76. The van der Waals surface area contributed by atoms with Crippen molar-refractivity contribution < 1.29 is 14.3 Å². The Morgan fingerprint density at radius 3 is 2.75 bits per heavy atom. The fraction of sp³-hybridized carbons (Fsp3) is 0.316. The summed E-state index contributed by atoms with van der Waals surface area (Å²) in [7, 11) is 0. The Labute approximate surface area is 140 Å². The Morgan fingerprint density at radius 1 is 1.33 bits per heavy atom. The SMILES string of the molecule is Cc1cc(C(=O)N[C@@H]2C=C[C@H](CO)C2)c(C)n1-c1ccccc1F. The van der Waals surface area contributed by atoms with Gasteiger partial charge < -0.3 is 15.0 Å². The molecule has 0 spiro atoms. The number of rotatable bonds is 4. The number of amides is 1. The van der Waals surface area contributed by atoms with Crippen molar-refractivity contribution in [1.82, 2.24) is 9.88 Å². The van der Waals surface area contributed by atoms with Crippen LogP contribution < -0.4 is 5.32 Å². The topological polar surface area (TPSA) is 54.3 Å². The average Bonchev–Trinajstić information content (AvgIpc) is 3.13. The minimum Gasteiger partial charge on any atom is -0.396 e. The molecule has 0 bridgehead atoms. The normalized spacial score (nSPS) is 19.7. The van der Waals surface area contributed by atoms with E-state index < -0.39 is 0 Å². The fourth-order valence-electron chi connectivity index (χ4n) is 3.26. The van der Waals surface area contributed by atoms with E-state index in [9.17, 15) is 9.18 Å². The molecule has 2 atom stereocenters. The van der Waals surface area contributed by atoms with Gasteiger partial charge in [-0.05, 0) is 38.5 Å². The van der Waals surface area contributed by atoms with Crippen LogP contribution >= 0.6 is 0 Å². The first kappa shape index (κ1) is 16.5. The maximum atomic E-state index is 14.1. The van der Waals surface area contributed by atoms with Crippen LogP contribution in [-0.2, 0) is 0 Å². The van der Waals surface area contributed by atoms with Crippen molar-refractivity contribution in [2.45, 2.75) is 26.3 Å². The monoisotopic (exact) mass is 328 g/mol. The Morgan fingerprint density at radius 2 is 2.08 bits per heavy atom. The van der Waals surface area contributed by atoms with Crippen molar-refractivity contribution in [2.75, 3.05) is 6.61 Å². The van der Waals surface area contributed by atoms with Crippen LogP contribution in [0.4, 0.5) is 4.39 Å². The molecule has 2 aromatic rings. The van der Waals surface area contributed by atoms with E-state index >= 15 is 0 Å². The van der Waals surface area contributed by atoms with Crippen molar-refractivity contribution in [1.29, 1.82) is 0 Å². The molecule has 0 aliphatic heterocycles. The molecule has 1 aliphatic carbocycles. The van der Waals surface area contributed by atoms with Gasteiger partial charge in [0.15, 0.2) is 0 Å². The van der Waals surface area contributed by atoms with Crippen LogP contribution in [0.1, 0.15) is 28.2 Å². The van der Waals surface area contributed by atoms with Gasteiger partial charge in [-0.25, -0.2) is 4.39 Å². The lowest BCUT2D eigenvalue weighted by Gasteiger charge is -2.13. The molecule has 0 saturated carbocycles. The molecule has 126 valence electrons. The van der Waals surface area contributed by atoms with Gasteiger partial charge in [0, 0.05) is 30.0 Å². The van der Waals surface area contributed by atoms with Gasteiger partial charge >= 0.3 is 0 Å². The van der Waals surface area contributed by atoms with E-state index in [1.807, 2.05) is 26.0 Å². The summed E-state index contributed by atoms with van der Waals surface area (Å²) in [4.78, 5) is 12.6. The van der Waals surface area contributed by atoms with Crippen molar-refractivity contribution in [2.24, 2.45) is 5.92 Å². The van der Waals surface area contributed by atoms with Crippen LogP contribution in [0.3, 0.4) is 0 Å². The van der Waals surface area contributed by atoms with Crippen molar-refractivity contribution in [3.05, 3.63) is 65.3 Å². The first-order chi connectivity index (χ1) is 11.5. The zero-order valence-electron chi connectivity index (χ0n) is 13.8. The summed E-state index contributed by atoms with van der Waals surface area (Å²) >= 11 is 0. The van der Waals surface area contributed by atoms with E-state index in [1.54, 1.807) is 28.8 Å². The van der Waals surface area contributed by atoms with Gasteiger partial charge in [-0.1, -0.05) is 24.3 Å². The quantitative estimate of drug-likeness (QED) is 0.848. The summed E-state index contributed by atoms with van der Waals surface area (Å²) in [6.07, 6.45) is 4.54. The molecule has 1 aromatic carbocycles. The number of halogens is 1. The molecule has 2 N–H and O–H groups in total. The summed E-state index contributed by atoms with van der Waals surface area (Å²) in [5, 5.41) is 12.1. The van der Waals surface area contributed by atoms with Gasteiger partial charge in [-0.3, -0.25) is 4.79 Å². The van der Waals surface area contributed by atoms with E-state index in [2.05, 4.69) is 5.32 Å². The minimum absolute atomic E-state index is 0.0776. The highest BCUT2D eigenvalue weighted by molar-refractivity contribution is 5.96. The number of nitrogens with one attached hydrogen (secondary N) is 1. The fourth-order valence-corrected chi connectivity index (χ4v) is 3.26. The number of aliphatic hydroxyl groups is 1. The average molecular weight is 328 g/mol. The number of aryl methyl sites for hydroxylation is 1. The first-order valence-corrected chi connectivity index (χ1v) is 8.05. The Balaban J connectivity index is 1.85. The third-order valence-corrected chi connectivity index (χ3v) is 4.49. The van der Waals surface area contributed by atoms with Gasteiger partial charge in [0.1, 0.15) is 5.82 Å². The number of hydrogen-bond acceptors (Lipinski definition) is 2. The molecule has 1 aliphatic rings. The number of carbonyl (C=O) groups excluding carboxylic acids is 1. The number of carbonyl (C=O) groups is 1. The predicted molar refractivity (Wildman–Crippen MR) is 90.8 cm³/mol. The minimum atomic E-state index is -0.323. The van der Waals surface area contributed by atoms with E-state index in [1.165, 1.54) is 6.07 Å². The highest BCUT2D eigenvalue weighted by atomic mass is 19.1. The summed E-state index contributed by atoms with van der Waals surface area (Å²) in [5.74, 6) is -0.407. The Bertz CT molecular complexity index is 795. The van der Waals surface area contributed by atoms with Crippen LogP contribution in [0, 0.1) is 25.6 Å². The molecule has 24 heavy (non-hydrogen) atoms. The smallest absolute Gasteiger partial charge is 0.253 e. The number of para-hydroxylation sites is 1. The molecule has 1 amide bonds. The van der Waals surface area contributed by atoms with Crippen LogP contribution in [-0.4, -0.2) is 28.2 Å². The zero-order valence-corrected chi connectivity index (χ0v) is 13.8. The molecule has 3 rings (SSSR count). The predicted octanol–water partition coefficient (Wildman–Crippen LogP) is 2.90. The molecule has 1 heterocycles. The summed E-state index contributed by atoms with van der Waals surface area (Å²) in [6, 6.07) is 8.22. The number of nitrogens with zero attached hydrogens (tertiary/aromatic N) is 1. The first-order valence-electron chi connectivity index (χ1n) is 8.05. The number of aromatic nitrogens is 1. The van der Waals surface area contributed by atoms with E-state index in [-0.39, 0.29) is 30.3 Å². The second-order valence-corrected chi connectivity index (χ2v) is 6.21. The van der Waals surface area contributed by atoms with E-state index in [0.29, 0.717) is 23.4 Å². The summed E-state index contributed by atoms with van der Waals surface area (Å²) < 4.78 is 15.9. The second-order valence-electron chi connectivity index (χ2n) is 6.21. The van der Waals surface area contributed by atoms with Crippen LogP contribution in [0.2, 0.25) is 0 Å². The number of hydrogen-bond donors (Lipinski definition) is 2. The number of aliphatic hydroxyl groups excluding tert-OH is 1. The third-order valence-electron chi connectivity index (χ3n) is 4.49. The highest BCUT2D eigenvalue weighted by Crippen LogP contribution is 2.24. The van der Waals surface area contributed by atoms with Gasteiger partial charge in [-0.15, -0.1) is 0 Å². The Kier molecular flexibility index (Phi) is 4.53. The summed E-state index contributed by atoms with van der Waals surface area (Å²) in [5.41, 5.74) is 2.48. The van der Waals surface area contributed by atoms with Crippen LogP contribution in [0.5, 0.6) is 0 Å². The van der Waals surface area contributed by atoms with Crippen molar-refractivity contribution in [3.8, 4) is 5.69 Å². The molecular formula is C19H21FN2O2. The van der Waals surface area contributed by atoms with Crippen molar-refractivity contribution in [3.63, 3.8) is 0 Å². The molecule has 4 nitrogen and oxygen atoms in total. The van der Waals surface area contributed by atoms with Crippen molar-refractivity contribution >= 4 is 5.91 Å². The van der Waals surface area contributed by atoms with Gasteiger partial charge in [0.05, 0.1) is 11.3 Å². The van der Waals surface area contributed by atoms with Gasteiger partial charge in [0.2, 0.25) is 0 Å². The lowest BCUT2D eigenvalue weighted by Crippen LogP contribution is -2.33. The maximum absolute atomic E-state index is 14.1. The van der Waals surface area contributed by atoms with Crippen LogP contribution in [0.25, 0.3) is 5.69 Å². The molecular weight excluding hydrogens is 307 g/mol. The van der Waals surface area contributed by atoms with Gasteiger partial charge in [0.25, 0.3) is 5.91 Å². The molecule has 0 fully saturated rings. The Hall–Kier alpha value is -2.40. The third kappa shape index (κ3) is 2.99. The lowest BCUT2D eigenvalue weighted by atomic mass is 10.1. The van der Waals surface area contributed by atoms with Gasteiger partial charge in [-0.2, -0.15) is 0 Å². The zero-order chi connectivity index (χ0) is 17.3. The molecule has 0 saturated heterocycles. The molecule has 0 unspecified atom stereocenters. The second kappa shape index (κ2) is 6.61. The molecule has 0 radical (unpaired) electrons. The van der Waals surface area contributed by atoms with E-state index in [4.69, 9.17) is 5.11 Å². The van der Waals surface area contributed by atoms with E-state index in [0.717, 1.165) is 5.69 Å². The molecule has 5 heteroatoms. The van der Waals surface area contributed by atoms with Crippen LogP contribution in [0.15, 0.2) is 42.5 Å². The maximum Gasteiger partial charge on any atom is 0.253 e. The molecule has 1 aromatic heterocycles. The standard InChI is InChI=1S/C19H21FN2O2/c1-12-9-16(19(24)21-15-8-7-14(10-15)11-23)13(2)22(12)18-6-4-3-5-17(18)20/h3-9,14-15,23H,10-11H2,1-2H3,(H,21,24)/t14-,15+/m0/s1. The lowest BCUT2D eigenvalue weighted by molar-refractivity contribution is 0.0940. The largest absolute Gasteiger partial charge is 0.396 e.